The molecular formula is C18H15F3N4OS. The van der Waals surface area contributed by atoms with Gasteiger partial charge in [0.2, 0.25) is 0 Å². The highest BCUT2D eigenvalue weighted by molar-refractivity contribution is 7.13. The molecule has 9 heteroatoms. The Kier molecular flexibility index (Phi) is 4.56. The topological polar surface area (TPSA) is 61.9 Å². The van der Waals surface area contributed by atoms with E-state index in [1.54, 1.807) is 0 Å². The van der Waals surface area contributed by atoms with Crippen molar-refractivity contribution in [3.05, 3.63) is 68.7 Å². The van der Waals surface area contributed by atoms with Crippen LogP contribution in [0.3, 0.4) is 0 Å². The van der Waals surface area contributed by atoms with E-state index in [0.29, 0.717) is 43.0 Å². The van der Waals surface area contributed by atoms with Crippen molar-refractivity contribution >= 4 is 11.3 Å². The highest BCUT2D eigenvalue weighted by atomic mass is 32.1. The molecule has 1 aliphatic heterocycles. The predicted molar refractivity (Wildman–Crippen MR) is 95.2 cm³/mol. The molecule has 0 fully saturated rings. The van der Waals surface area contributed by atoms with Gasteiger partial charge in [-0.3, -0.25) is 14.7 Å². The Balaban J connectivity index is 1.51. The van der Waals surface area contributed by atoms with E-state index in [9.17, 15) is 18.0 Å². The summed E-state index contributed by atoms with van der Waals surface area (Å²) in [6.07, 6.45) is -2.59. The maximum absolute atomic E-state index is 12.6. The monoisotopic (exact) mass is 392 g/mol. The molecule has 0 spiro atoms. The maximum atomic E-state index is 12.6. The first kappa shape index (κ1) is 17.9. The summed E-state index contributed by atoms with van der Waals surface area (Å²) in [6, 6.07) is 6.21. The highest BCUT2D eigenvalue weighted by Crippen LogP contribution is 2.27. The van der Waals surface area contributed by atoms with Crippen LogP contribution in [0, 0.1) is 0 Å². The van der Waals surface area contributed by atoms with Crippen LogP contribution in [0.5, 0.6) is 0 Å². The Bertz CT molecular complexity index is 997. The average Bonchev–Trinajstić information content (AvgIpc) is 3.16. The van der Waals surface area contributed by atoms with E-state index >= 15 is 0 Å². The third-order valence-electron chi connectivity index (χ3n) is 4.42. The van der Waals surface area contributed by atoms with Crippen LogP contribution in [0.2, 0.25) is 0 Å². The van der Waals surface area contributed by atoms with Gasteiger partial charge < -0.3 is 4.98 Å². The van der Waals surface area contributed by atoms with Gasteiger partial charge in [-0.05, 0) is 23.1 Å². The van der Waals surface area contributed by atoms with Crippen molar-refractivity contribution in [1.82, 2.24) is 19.9 Å². The fraction of sp³-hybridized carbons (Fsp3) is 0.278. The van der Waals surface area contributed by atoms with E-state index in [-0.39, 0.29) is 5.56 Å². The normalized spacial score (nSPS) is 14.9. The zero-order valence-electron chi connectivity index (χ0n) is 14.1. The second-order valence-electron chi connectivity index (χ2n) is 6.33. The van der Waals surface area contributed by atoms with Crippen molar-refractivity contribution in [3.63, 3.8) is 0 Å². The molecule has 3 aromatic heterocycles. The van der Waals surface area contributed by atoms with Crippen LogP contribution in [0.15, 0.2) is 40.6 Å². The van der Waals surface area contributed by atoms with E-state index < -0.39 is 11.9 Å². The molecule has 0 atom stereocenters. The Hall–Kier alpha value is -2.52. The van der Waals surface area contributed by atoms with Gasteiger partial charge in [0.15, 0.2) is 5.82 Å². The first-order valence-electron chi connectivity index (χ1n) is 8.30. The summed E-state index contributed by atoms with van der Waals surface area (Å²) in [5.41, 5.74) is 0.993. The van der Waals surface area contributed by atoms with Crippen LogP contribution in [0.25, 0.3) is 10.7 Å². The number of halogens is 3. The molecule has 0 unspecified atom stereocenters. The summed E-state index contributed by atoms with van der Waals surface area (Å²) < 4.78 is 37.8. The first-order valence-corrected chi connectivity index (χ1v) is 9.18. The lowest BCUT2D eigenvalue weighted by atomic mass is 10.1. The van der Waals surface area contributed by atoms with Crippen LogP contribution < -0.4 is 5.56 Å². The highest BCUT2D eigenvalue weighted by Gasteiger charge is 2.32. The van der Waals surface area contributed by atoms with Crippen LogP contribution in [0.1, 0.15) is 22.5 Å². The number of nitrogens with one attached hydrogen (secondary N) is 1. The fourth-order valence-electron chi connectivity index (χ4n) is 3.09. The van der Waals surface area contributed by atoms with Gasteiger partial charge in [-0.25, -0.2) is 4.98 Å². The minimum Gasteiger partial charge on any atom is -0.306 e. The lowest BCUT2D eigenvalue weighted by Crippen LogP contribution is -2.35. The van der Waals surface area contributed by atoms with Gasteiger partial charge >= 0.3 is 6.18 Å². The van der Waals surface area contributed by atoms with Crippen LogP contribution in [-0.2, 0) is 25.7 Å². The van der Waals surface area contributed by atoms with Gasteiger partial charge in [0.05, 0.1) is 16.1 Å². The number of H-pyrrole nitrogens is 1. The van der Waals surface area contributed by atoms with Gasteiger partial charge in [-0.15, -0.1) is 11.3 Å². The molecule has 0 saturated carbocycles. The predicted octanol–water partition coefficient (Wildman–Crippen LogP) is 3.47. The van der Waals surface area contributed by atoms with Gasteiger partial charge in [-0.2, -0.15) is 13.2 Å². The fourth-order valence-corrected chi connectivity index (χ4v) is 3.76. The molecule has 0 aliphatic carbocycles. The molecule has 0 bridgehead atoms. The summed E-state index contributed by atoms with van der Waals surface area (Å²) in [5, 5.41) is 1.93. The molecule has 0 aromatic carbocycles. The smallest absolute Gasteiger partial charge is 0.306 e. The van der Waals surface area contributed by atoms with Crippen molar-refractivity contribution in [2.75, 3.05) is 6.54 Å². The number of nitrogens with zero attached hydrogens (tertiary/aromatic N) is 3. The Morgan fingerprint density at radius 2 is 2.11 bits per heavy atom. The summed E-state index contributed by atoms with van der Waals surface area (Å²) in [7, 11) is 0. The molecule has 5 nitrogen and oxygen atoms in total. The molecule has 140 valence electrons. The van der Waals surface area contributed by atoms with Crippen molar-refractivity contribution in [1.29, 1.82) is 0 Å². The van der Waals surface area contributed by atoms with Crippen LogP contribution in [-0.4, -0.2) is 26.4 Å². The molecule has 1 N–H and O–H groups in total. The van der Waals surface area contributed by atoms with Gasteiger partial charge in [0.1, 0.15) is 5.69 Å². The third kappa shape index (κ3) is 3.79. The number of thiophene rings is 1. The van der Waals surface area contributed by atoms with Crippen LogP contribution in [0.4, 0.5) is 13.2 Å². The zero-order chi connectivity index (χ0) is 19.0. The van der Waals surface area contributed by atoms with Crippen LogP contribution >= 0.6 is 11.3 Å². The van der Waals surface area contributed by atoms with Gasteiger partial charge in [-0.1, -0.05) is 12.1 Å². The Morgan fingerprint density at radius 1 is 1.26 bits per heavy atom. The molecule has 4 heterocycles. The summed E-state index contributed by atoms with van der Waals surface area (Å²) in [6.45, 7) is 1.51. The quantitative estimate of drug-likeness (QED) is 0.742. The standard InChI is InChI=1S/C18H15F3N4OS/c19-18(20,21)15-4-3-11(8-22-15)9-25-6-5-13-12(10-25)17(26)24-16(23-13)14-2-1-7-27-14/h1-4,7-8H,5-6,9-10H2,(H,23,24,26). The molecule has 0 radical (unpaired) electrons. The van der Waals surface area contributed by atoms with E-state index in [1.807, 2.05) is 22.4 Å². The second kappa shape index (κ2) is 6.90. The molecule has 0 amide bonds. The maximum Gasteiger partial charge on any atom is 0.433 e. The third-order valence-corrected chi connectivity index (χ3v) is 5.30. The number of hydrogen-bond donors (Lipinski definition) is 1. The number of alkyl halides is 3. The lowest BCUT2D eigenvalue weighted by molar-refractivity contribution is -0.141. The summed E-state index contributed by atoms with van der Waals surface area (Å²) >= 11 is 1.51. The van der Waals surface area contributed by atoms with E-state index in [0.717, 1.165) is 16.6 Å². The lowest BCUT2D eigenvalue weighted by Gasteiger charge is -2.27. The minimum atomic E-state index is -4.44. The van der Waals surface area contributed by atoms with Crippen molar-refractivity contribution in [2.24, 2.45) is 0 Å². The number of rotatable bonds is 3. The Morgan fingerprint density at radius 3 is 2.78 bits per heavy atom. The number of pyridine rings is 1. The summed E-state index contributed by atoms with van der Waals surface area (Å²) in [5.74, 6) is 0.578. The first-order chi connectivity index (χ1) is 12.9. The number of aromatic amines is 1. The largest absolute Gasteiger partial charge is 0.433 e. The number of fused-ring (bicyclic) bond motifs is 1. The van der Waals surface area contributed by atoms with E-state index in [2.05, 4.69) is 15.0 Å². The van der Waals surface area contributed by atoms with Crippen molar-refractivity contribution in [3.8, 4) is 10.7 Å². The average molecular weight is 392 g/mol. The zero-order valence-corrected chi connectivity index (χ0v) is 14.9. The number of aromatic nitrogens is 3. The second-order valence-corrected chi connectivity index (χ2v) is 7.27. The molecule has 1 aliphatic rings. The van der Waals surface area contributed by atoms with E-state index in [4.69, 9.17) is 0 Å². The minimum absolute atomic E-state index is 0.168. The Labute approximate surface area is 156 Å². The molecule has 27 heavy (non-hydrogen) atoms. The van der Waals surface area contributed by atoms with E-state index in [1.165, 1.54) is 23.6 Å². The van der Waals surface area contributed by atoms with Gasteiger partial charge in [0.25, 0.3) is 5.56 Å². The molecular weight excluding hydrogens is 377 g/mol. The van der Waals surface area contributed by atoms with Crippen molar-refractivity contribution < 1.29 is 13.2 Å². The van der Waals surface area contributed by atoms with Crippen molar-refractivity contribution in [2.45, 2.75) is 25.7 Å². The molecule has 0 saturated heterocycles. The summed E-state index contributed by atoms with van der Waals surface area (Å²) in [4.78, 5) is 26.3. The molecule has 4 rings (SSSR count). The van der Waals surface area contributed by atoms with Gasteiger partial charge in [0, 0.05) is 32.3 Å². The SMILES string of the molecule is O=c1[nH]c(-c2cccs2)nc2c1CN(Cc1ccc(C(F)(F)F)nc1)CC2. The molecule has 3 aromatic rings. The number of hydrogen-bond acceptors (Lipinski definition) is 5.